The number of hydrogen-bond acceptors (Lipinski definition) is 5. The van der Waals surface area contributed by atoms with Gasteiger partial charge in [-0.15, -0.1) is 0 Å². The van der Waals surface area contributed by atoms with Crippen LogP contribution in [0.15, 0.2) is 12.1 Å². The smallest absolute Gasteiger partial charge is 0.272 e. The molecule has 0 heterocycles. The molecule has 0 amide bonds. The van der Waals surface area contributed by atoms with Crippen LogP contribution in [0.4, 0.5) is 10.1 Å². The van der Waals surface area contributed by atoms with Crippen molar-refractivity contribution in [2.24, 2.45) is 0 Å². The van der Waals surface area contributed by atoms with Gasteiger partial charge in [-0.2, -0.15) is 5.48 Å². The van der Waals surface area contributed by atoms with E-state index >= 15 is 0 Å². The van der Waals surface area contributed by atoms with Crippen molar-refractivity contribution in [3.63, 3.8) is 0 Å². The molecule has 82 valence electrons. The highest BCUT2D eigenvalue weighted by Crippen LogP contribution is 2.26. The minimum Gasteiger partial charge on any atom is -0.505 e. The van der Waals surface area contributed by atoms with E-state index in [0.29, 0.717) is 6.07 Å². The number of nitrogens with one attached hydrogen (secondary N) is 1. The fraction of sp³-hybridized carbons (Fsp3) is 0.250. The van der Waals surface area contributed by atoms with Crippen LogP contribution in [0.1, 0.15) is 5.56 Å². The topological polar surface area (TPSA) is 84.6 Å². The maximum atomic E-state index is 13.0. The van der Waals surface area contributed by atoms with Crippen molar-refractivity contribution < 1.29 is 19.3 Å². The summed E-state index contributed by atoms with van der Waals surface area (Å²) in [7, 11) is 1.34. The number of benzene rings is 1. The van der Waals surface area contributed by atoms with E-state index in [4.69, 9.17) is 0 Å². The van der Waals surface area contributed by atoms with Gasteiger partial charge in [-0.1, -0.05) is 0 Å². The number of non-ortho nitro benzene ring substituents is 1. The van der Waals surface area contributed by atoms with Gasteiger partial charge in [0.05, 0.1) is 24.6 Å². The molecule has 0 unspecified atom stereocenters. The van der Waals surface area contributed by atoms with E-state index in [-0.39, 0.29) is 12.1 Å². The summed E-state index contributed by atoms with van der Waals surface area (Å²) in [5, 5.41) is 19.6. The van der Waals surface area contributed by atoms with Crippen LogP contribution in [0.3, 0.4) is 0 Å². The Hall–Kier alpha value is -1.73. The van der Waals surface area contributed by atoms with Gasteiger partial charge in [0.25, 0.3) is 5.69 Å². The maximum absolute atomic E-state index is 13.0. The van der Waals surface area contributed by atoms with E-state index < -0.39 is 22.2 Å². The molecule has 0 saturated carbocycles. The maximum Gasteiger partial charge on any atom is 0.272 e. The molecule has 15 heavy (non-hydrogen) atoms. The zero-order valence-electron chi connectivity index (χ0n) is 7.86. The lowest BCUT2D eigenvalue weighted by Crippen LogP contribution is -2.11. The standard InChI is InChI=1S/C8H9FN2O4/c1-15-10-4-5-2-6(11(13)14)3-7(9)8(5)12/h2-3,10,12H,4H2,1H3. The number of hydrogen-bond donors (Lipinski definition) is 2. The number of nitro groups is 1. The zero-order valence-corrected chi connectivity index (χ0v) is 7.86. The van der Waals surface area contributed by atoms with Gasteiger partial charge < -0.3 is 9.94 Å². The van der Waals surface area contributed by atoms with E-state index in [1.807, 2.05) is 0 Å². The number of aromatic hydroxyl groups is 1. The van der Waals surface area contributed by atoms with E-state index in [2.05, 4.69) is 10.3 Å². The normalized spacial score (nSPS) is 10.3. The molecule has 0 aliphatic heterocycles. The average molecular weight is 216 g/mol. The monoisotopic (exact) mass is 216 g/mol. The third kappa shape index (κ3) is 2.61. The molecule has 0 fully saturated rings. The molecule has 0 spiro atoms. The first-order valence-corrected chi connectivity index (χ1v) is 3.98. The molecule has 0 saturated heterocycles. The fourth-order valence-electron chi connectivity index (χ4n) is 1.03. The molecule has 0 aromatic heterocycles. The number of rotatable bonds is 4. The van der Waals surface area contributed by atoms with Gasteiger partial charge in [-0.25, -0.2) is 4.39 Å². The first-order chi connectivity index (χ1) is 7.06. The van der Waals surface area contributed by atoms with Crippen LogP contribution in [0.2, 0.25) is 0 Å². The van der Waals surface area contributed by atoms with Crippen LogP contribution >= 0.6 is 0 Å². The molecule has 1 aromatic carbocycles. The Morgan fingerprint density at radius 1 is 1.67 bits per heavy atom. The number of nitrogens with zero attached hydrogens (tertiary/aromatic N) is 1. The Balaban J connectivity index is 3.07. The molecule has 7 heteroatoms. The van der Waals surface area contributed by atoms with Gasteiger partial charge in [0.15, 0.2) is 11.6 Å². The number of nitro benzene ring substituents is 1. The summed E-state index contributed by atoms with van der Waals surface area (Å²) in [5.74, 6) is -1.65. The van der Waals surface area contributed by atoms with Crippen molar-refractivity contribution in [2.45, 2.75) is 6.54 Å². The molecule has 1 rings (SSSR count). The summed E-state index contributed by atoms with van der Waals surface area (Å²) >= 11 is 0. The van der Waals surface area contributed by atoms with E-state index in [1.54, 1.807) is 0 Å². The number of halogens is 1. The zero-order chi connectivity index (χ0) is 11.4. The second-order valence-electron chi connectivity index (χ2n) is 2.72. The third-order valence-electron chi connectivity index (χ3n) is 1.74. The van der Waals surface area contributed by atoms with Gasteiger partial charge in [0.1, 0.15) is 0 Å². The van der Waals surface area contributed by atoms with Crippen LogP contribution < -0.4 is 5.48 Å². The predicted octanol–water partition coefficient (Wildman–Crippen LogP) is 1.09. The second-order valence-corrected chi connectivity index (χ2v) is 2.72. The first kappa shape index (κ1) is 11.3. The Labute approximate surface area is 84.4 Å². The van der Waals surface area contributed by atoms with Gasteiger partial charge >= 0.3 is 0 Å². The van der Waals surface area contributed by atoms with Crippen molar-refractivity contribution in [3.8, 4) is 5.75 Å². The summed E-state index contributed by atoms with van der Waals surface area (Å²) < 4.78 is 13.0. The van der Waals surface area contributed by atoms with Crippen molar-refractivity contribution in [1.82, 2.24) is 5.48 Å². The molecule has 0 bridgehead atoms. The predicted molar refractivity (Wildman–Crippen MR) is 48.6 cm³/mol. The molecule has 0 aliphatic carbocycles. The molecular formula is C8H9FN2O4. The molecular weight excluding hydrogens is 207 g/mol. The molecule has 0 radical (unpaired) electrons. The van der Waals surface area contributed by atoms with Crippen LogP contribution in [0.5, 0.6) is 5.75 Å². The number of phenols is 1. The highest BCUT2D eigenvalue weighted by Gasteiger charge is 2.15. The number of phenolic OH excluding ortho intramolecular Hbond substituents is 1. The summed E-state index contributed by atoms with van der Waals surface area (Å²) in [6.07, 6.45) is 0. The third-order valence-corrected chi connectivity index (χ3v) is 1.74. The van der Waals surface area contributed by atoms with Crippen molar-refractivity contribution >= 4 is 5.69 Å². The minimum atomic E-state index is -1.03. The van der Waals surface area contributed by atoms with Crippen LogP contribution in [-0.4, -0.2) is 17.1 Å². The molecule has 2 N–H and O–H groups in total. The Bertz CT molecular complexity index is 383. The van der Waals surface area contributed by atoms with Gasteiger partial charge in [-0.3, -0.25) is 10.1 Å². The summed E-state index contributed by atoms with van der Waals surface area (Å²) in [6, 6.07) is 1.73. The Morgan fingerprint density at radius 3 is 2.87 bits per heavy atom. The average Bonchev–Trinajstić information content (AvgIpc) is 2.19. The molecule has 0 atom stereocenters. The van der Waals surface area contributed by atoms with E-state index in [1.165, 1.54) is 7.11 Å². The fourth-order valence-corrected chi connectivity index (χ4v) is 1.03. The quantitative estimate of drug-likeness (QED) is 0.581. The molecule has 6 nitrogen and oxygen atoms in total. The van der Waals surface area contributed by atoms with Gasteiger partial charge in [0.2, 0.25) is 0 Å². The molecule has 1 aromatic rings. The Kier molecular flexibility index (Phi) is 3.53. The summed E-state index contributed by atoms with van der Waals surface area (Å²) in [4.78, 5) is 14.1. The largest absolute Gasteiger partial charge is 0.505 e. The van der Waals surface area contributed by atoms with Gasteiger partial charge in [0, 0.05) is 11.6 Å². The van der Waals surface area contributed by atoms with Gasteiger partial charge in [-0.05, 0) is 0 Å². The Morgan fingerprint density at radius 2 is 2.33 bits per heavy atom. The lowest BCUT2D eigenvalue weighted by molar-refractivity contribution is -0.385. The summed E-state index contributed by atoms with van der Waals surface area (Å²) in [5.41, 5.74) is 1.99. The van der Waals surface area contributed by atoms with Crippen LogP contribution in [0.25, 0.3) is 0 Å². The molecule has 0 aliphatic rings. The first-order valence-electron chi connectivity index (χ1n) is 3.98. The minimum absolute atomic E-state index is 0.0269. The lowest BCUT2D eigenvalue weighted by atomic mass is 10.1. The SMILES string of the molecule is CONCc1cc([N+](=O)[O-])cc(F)c1O. The van der Waals surface area contributed by atoms with Crippen molar-refractivity contribution in [3.05, 3.63) is 33.6 Å². The second kappa shape index (κ2) is 4.67. The van der Waals surface area contributed by atoms with Crippen molar-refractivity contribution in [2.75, 3.05) is 7.11 Å². The highest BCUT2D eigenvalue weighted by atomic mass is 19.1. The number of hydroxylamine groups is 1. The van der Waals surface area contributed by atoms with E-state index in [0.717, 1.165) is 6.07 Å². The van der Waals surface area contributed by atoms with Crippen LogP contribution in [0, 0.1) is 15.9 Å². The summed E-state index contributed by atoms with van der Waals surface area (Å²) in [6.45, 7) is -0.0269. The lowest BCUT2D eigenvalue weighted by Gasteiger charge is -2.05. The van der Waals surface area contributed by atoms with Crippen LogP contribution in [-0.2, 0) is 11.4 Å². The van der Waals surface area contributed by atoms with E-state index in [9.17, 15) is 19.6 Å². The van der Waals surface area contributed by atoms with Crippen molar-refractivity contribution in [1.29, 1.82) is 0 Å². The highest BCUT2D eigenvalue weighted by molar-refractivity contribution is 5.44.